The molecule has 1 aromatic rings. The van der Waals surface area contributed by atoms with Gasteiger partial charge in [0.25, 0.3) is 0 Å². The van der Waals surface area contributed by atoms with Crippen LogP contribution in [0.3, 0.4) is 0 Å². The maximum atomic E-state index is 12.3. The van der Waals surface area contributed by atoms with Crippen molar-refractivity contribution in [2.45, 2.75) is 64.1 Å². The maximum Gasteiger partial charge on any atom is 0.321 e. The quantitative estimate of drug-likeness (QED) is 0.649. The molecular weight excluding hydrogens is 398 g/mol. The minimum absolute atomic E-state index is 0.0561. The predicted molar refractivity (Wildman–Crippen MR) is 105 cm³/mol. The van der Waals surface area contributed by atoms with Crippen molar-refractivity contribution >= 4 is 27.9 Å². The van der Waals surface area contributed by atoms with E-state index in [-0.39, 0.29) is 18.0 Å². The lowest BCUT2D eigenvalue weighted by atomic mass is 9.96. The van der Waals surface area contributed by atoms with Crippen LogP contribution in [0.4, 0.5) is 4.79 Å². The highest BCUT2D eigenvalue weighted by Gasteiger charge is 2.21. The van der Waals surface area contributed by atoms with Gasteiger partial charge < -0.3 is 10.1 Å². The first-order valence-electron chi connectivity index (χ1n) is 9.11. The van der Waals surface area contributed by atoms with E-state index in [1.54, 1.807) is 14.0 Å². The topological polar surface area (TPSA) is 79.5 Å². The number of methoxy groups -OCH3 is 1. The van der Waals surface area contributed by atoms with Crippen molar-refractivity contribution in [1.82, 2.24) is 16.0 Å². The lowest BCUT2D eigenvalue weighted by molar-refractivity contribution is -0.121. The summed E-state index contributed by atoms with van der Waals surface area (Å²) in [6, 6.07) is 4.99. The van der Waals surface area contributed by atoms with Crippen molar-refractivity contribution < 1.29 is 14.3 Å². The van der Waals surface area contributed by atoms with Gasteiger partial charge in [0.2, 0.25) is 5.91 Å². The number of benzene rings is 1. The van der Waals surface area contributed by atoms with E-state index in [2.05, 4.69) is 31.9 Å². The normalized spacial score (nSPS) is 17.2. The minimum Gasteiger partial charge on any atom is -0.496 e. The summed E-state index contributed by atoms with van der Waals surface area (Å²) in [6.45, 7) is 3.72. The zero-order chi connectivity index (χ0) is 19.1. The molecule has 6 nitrogen and oxygen atoms in total. The summed E-state index contributed by atoms with van der Waals surface area (Å²) in [5.74, 6) is 0.420. The predicted octanol–water partition coefficient (Wildman–Crippen LogP) is 3.66. The number of urea groups is 1. The number of nitrogens with one attached hydrogen (secondary N) is 3. The molecule has 3 N–H and O–H groups in total. The van der Waals surface area contributed by atoms with Gasteiger partial charge in [-0.2, -0.15) is 0 Å². The Morgan fingerprint density at radius 3 is 2.50 bits per heavy atom. The SMILES string of the molecule is COc1ccc([C@@H](C)N[C@H](C)C(=O)NC(=O)NC2CCCCC2)cc1Br. The number of carbonyl (C=O) groups excluding carboxylic acids is 2. The Morgan fingerprint density at radius 2 is 1.88 bits per heavy atom. The second kappa shape index (κ2) is 9.92. The Labute approximate surface area is 163 Å². The molecular formula is C19H28BrN3O3. The minimum atomic E-state index is -0.497. The van der Waals surface area contributed by atoms with Gasteiger partial charge in [-0.1, -0.05) is 25.3 Å². The first-order valence-corrected chi connectivity index (χ1v) is 9.91. The molecule has 1 aromatic carbocycles. The molecule has 1 aliphatic carbocycles. The maximum absolute atomic E-state index is 12.3. The summed E-state index contributed by atoms with van der Waals surface area (Å²) >= 11 is 3.47. The fourth-order valence-corrected chi connectivity index (χ4v) is 3.75. The van der Waals surface area contributed by atoms with Crippen LogP contribution in [-0.4, -0.2) is 31.1 Å². The van der Waals surface area contributed by atoms with Gasteiger partial charge in [0.1, 0.15) is 5.75 Å². The lowest BCUT2D eigenvalue weighted by Crippen LogP contribution is -2.50. The molecule has 2 atom stereocenters. The van der Waals surface area contributed by atoms with E-state index >= 15 is 0 Å². The van der Waals surface area contributed by atoms with Gasteiger partial charge in [0.15, 0.2) is 0 Å². The number of halogens is 1. The van der Waals surface area contributed by atoms with Gasteiger partial charge in [-0.3, -0.25) is 15.4 Å². The molecule has 0 aliphatic heterocycles. The van der Waals surface area contributed by atoms with Crippen LogP contribution in [0, 0.1) is 0 Å². The Kier molecular flexibility index (Phi) is 7.90. The second-order valence-electron chi connectivity index (χ2n) is 6.80. The highest BCUT2D eigenvalue weighted by Crippen LogP contribution is 2.28. The van der Waals surface area contributed by atoms with Crippen molar-refractivity contribution in [1.29, 1.82) is 0 Å². The fourth-order valence-electron chi connectivity index (χ4n) is 3.19. The molecule has 0 spiro atoms. The Bertz CT molecular complexity index is 632. The lowest BCUT2D eigenvalue weighted by Gasteiger charge is -2.24. The van der Waals surface area contributed by atoms with E-state index in [1.807, 2.05) is 25.1 Å². The van der Waals surface area contributed by atoms with Crippen LogP contribution in [0.15, 0.2) is 22.7 Å². The number of ether oxygens (including phenoxy) is 1. The molecule has 0 unspecified atom stereocenters. The Morgan fingerprint density at radius 1 is 1.19 bits per heavy atom. The third-order valence-electron chi connectivity index (χ3n) is 4.75. The van der Waals surface area contributed by atoms with Gasteiger partial charge in [-0.15, -0.1) is 0 Å². The summed E-state index contributed by atoms with van der Waals surface area (Å²) in [5, 5.41) is 8.54. The van der Waals surface area contributed by atoms with Crippen molar-refractivity contribution in [2.24, 2.45) is 0 Å². The Hall–Kier alpha value is -1.60. The van der Waals surface area contributed by atoms with E-state index in [1.165, 1.54) is 6.42 Å². The smallest absolute Gasteiger partial charge is 0.321 e. The average molecular weight is 426 g/mol. The molecule has 0 radical (unpaired) electrons. The first kappa shape index (κ1) is 20.7. The molecule has 1 saturated carbocycles. The van der Waals surface area contributed by atoms with Crippen LogP contribution in [0.2, 0.25) is 0 Å². The molecule has 0 aromatic heterocycles. The van der Waals surface area contributed by atoms with Crippen molar-refractivity contribution in [3.8, 4) is 5.75 Å². The monoisotopic (exact) mass is 425 g/mol. The van der Waals surface area contributed by atoms with Crippen LogP contribution < -0.4 is 20.7 Å². The number of carbonyl (C=O) groups is 2. The van der Waals surface area contributed by atoms with E-state index < -0.39 is 12.1 Å². The standard InChI is InChI=1S/C19H28BrN3O3/c1-12(14-9-10-17(26-3)16(20)11-14)21-13(2)18(24)23-19(25)22-15-7-5-4-6-8-15/h9-13,15,21H,4-8H2,1-3H3,(H2,22,23,24,25)/t12-,13-/m1/s1. The van der Waals surface area contributed by atoms with Crippen LogP contribution in [0.25, 0.3) is 0 Å². The van der Waals surface area contributed by atoms with Crippen molar-refractivity contribution in [3.05, 3.63) is 28.2 Å². The van der Waals surface area contributed by atoms with E-state index in [9.17, 15) is 9.59 Å². The number of imide groups is 1. The van der Waals surface area contributed by atoms with E-state index in [0.717, 1.165) is 41.5 Å². The van der Waals surface area contributed by atoms with Gasteiger partial charge in [-0.05, 0) is 60.3 Å². The number of hydrogen-bond acceptors (Lipinski definition) is 4. The number of rotatable bonds is 6. The van der Waals surface area contributed by atoms with Crippen LogP contribution in [0.5, 0.6) is 5.75 Å². The van der Waals surface area contributed by atoms with Gasteiger partial charge >= 0.3 is 6.03 Å². The molecule has 2 rings (SSSR count). The Balaban J connectivity index is 1.83. The molecule has 0 bridgehead atoms. The number of amides is 3. The van der Waals surface area contributed by atoms with E-state index in [4.69, 9.17) is 4.74 Å². The summed E-state index contributed by atoms with van der Waals surface area (Å²) in [4.78, 5) is 24.3. The van der Waals surface area contributed by atoms with Gasteiger partial charge in [-0.25, -0.2) is 4.79 Å². The molecule has 26 heavy (non-hydrogen) atoms. The van der Waals surface area contributed by atoms with Crippen molar-refractivity contribution in [3.63, 3.8) is 0 Å². The van der Waals surface area contributed by atoms with Gasteiger partial charge in [0.05, 0.1) is 17.6 Å². The zero-order valence-corrected chi connectivity index (χ0v) is 17.2. The highest BCUT2D eigenvalue weighted by atomic mass is 79.9. The molecule has 7 heteroatoms. The highest BCUT2D eigenvalue weighted by molar-refractivity contribution is 9.10. The summed E-state index contributed by atoms with van der Waals surface area (Å²) in [7, 11) is 1.62. The summed E-state index contributed by atoms with van der Waals surface area (Å²) < 4.78 is 6.09. The van der Waals surface area contributed by atoms with Gasteiger partial charge in [0, 0.05) is 12.1 Å². The molecule has 3 amide bonds. The second-order valence-corrected chi connectivity index (χ2v) is 7.66. The van der Waals surface area contributed by atoms with Crippen molar-refractivity contribution in [2.75, 3.05) is 7.11 Å². The average Bonchev–Trinajstić information content (AvgIpc) is 2.62. The molecule has 144 valence electrons. The van der Waals surface area contributed by atoms with Crippen LogP contribution in [-0.2, 0) is 4.79 Å². The number of hydrogen-bond donors (Lipinski definition) is 3. The zero-order valence-electron chi connectivity index (χ0n) is 15.6. The first-order chi connectivity index (χ1) is 12.4. The largest absolute Gasteiger partial charge is 0.496 e. The third kappa shape index (κ3) is 5.99. The summed E-state index contributed by atoms with van der Waals surface area (Å²) in [5.41, 5.74) is 1.02. The summed E-state index contributed by atoms with van der Waals surface area (Å²) in [6.07, 6.45) is 5.45. The van der Waals surface area contributed by atoms with Crippen LogP contribution in [0.1, 0.15) is 57.6 Å². The molecule has 1 aliphatic rings. The molecule has 0 heterocycles. The molecule has 0 saturated heterocycles. The molecule has 1 fully saturated rings. The van der Waals surface area contributed by atoms with E-state index in [0.29, 0.717) is 0 Å². The third-order valence-corrected chi connectivity index (χ3v) is 5.37. The fraction of sp³-hybridized carbons (Fsp3) is 0.579. The van der Waals surface area contributed by atoms with Crippen LogP contribution >= 0.6 is 15.9 Å².